The maximum Gasteiger partial charge on any atom is 0.125 e. The average molecular weight is 367 g/mol. The van der Waals surface area contributed by atoms with Gasteiger partial charge in [0, 0.05) is 16.5 Å². The fourth-order valence-electron chi connectivity index (χ4n) is 2.73. The van der Waals surface area contributed by atoms with E-state index in [1.165, 1.54) is 5.56 Å². The smallest absolute Gasteiger partial charge is 0.125 e. The molecule has 2 aromatic carbocycles. The summed E-state index contributed by atoms with van der Waals surface area (Å²) in [6.45, 7) is 4.22. The molecule has 1 aliphatic rings. The first-order chi connectivity index (χ1) is 9.94. The summed E-state index contributed by atoms with van der Waals surface area (Å²) >= 11 is 9.79. The van der Waals surface area contributed by atoms with E-state index < -0.39 is 0 Å². The highest BCUT2D eigenvalue weighted by Gasteiger charge is 2.33. The highest BCUT2D eigenvalue weighted by molar-refractivity contribution is 9.10. The van der Waals surface area contributed by atoms with Crippen molar-refractivity contribution in [3.8, 4) is 5.75 Å². The number of fused-ring (bicyclic) bond motifs is 1. The molecule has 0 amide bonds. The molecule has 2 aromatic rings. The van der Waals surface area contributed by atoms with Gasteiger partial charge in [0.2, 0.25) is 0 Å². The highest BCUT2D eigenvalue weighted by atomic mass is 79.9. The molecule has 0 aliphatic carbocycles. The Labute approximate surface area is 138 Å². The minimum Gasteiger partial charge on any atom is -0.487 e. The molecular weight excluding hydrogens is 350 g/mol. The van der Waals surface area contributed by atoms with Crippen LogP contribution >= 0.6 is 27.5 Å². The number of ether oxygens (including phenoxy) is 1. The Bertz CT molecular complexity index is 672. The molecule has 0 spiro atoms. The molecule has 1 unspecified atom stereocenters. The Hall–Kier alpha value is -1.19. The van der Waals surface area contributed by atoms with Crippen LogP contribution in [0.25, 0.3) is 0 Å². The van der Waals surface area contributed by atoms with Crippen LogP contribution in [-0.4, -0.2) is 5.60 Å². The molecule has 2 nitrogen and oxygen atoms in total. The van der Waals surface area contributed by atoms with Crippen molar-refractivity contribution in [2.75, 3.05) is 5.32 Å². The van der Waals surface area contributed by atoms with E-state index >= 15 is 0 Å². The van der Waals surface area contributed by atoms with Crippen molar-refractivity contribution >= 4 is 33.2 Å². The lowest BCUT2D eigenvalue weighted by Crippen LogP contribution is -2.37. The third kappa shape index (κ3) is 3.19. The van der Waals surface area contributed by atoms with Gasteiger partial charge in [-0.15, -0.1) is 0 Å². The largest absolute Gasteiger partial charge is 0.487 e. The van der Waals surface area contributed by atoms with Crippen LogP contribution < -0.4 is 10.1 Å². The van der Waals surface area contributed by atoms with Crippen molar-refractivity contribution in [2.45, 2.75) is 31.9 Å². The van der Waals surface area contributed by atoms with E-state index in [2.05, 4.69) is 41.2 Å². The zero-order valence-corrected chi connectivity index (χ0v) is 14.3. The monoisotopic (exact) mass is 365 g/mol. The zero-order valence-electron chi connectivity index (χ0n) is 12.0. The van der Waals surface area contributed by atoms with Gasteiger partial charge in [0.25, 0.3) is 0 Å². The second-order valence-corrected chi connectivity index (χ2v) is 7.25. The molecule has 1 aliphatic heterocycles. The SMILES string of the molecule is CC1(C)CC(Nc2cc(Br)ccc2Cl)c2ccccc2O1. The maximum absolute atomic E-state index is 6.30. The first-order valence-electron chi connectivity index (χ1n) is 6.94. The molecule has 21 heavy (non-hydrogen) atoms. The normalized spacial score (nSPS) is 19.5. The summed E-state index contributed by atoms with van der Waals surface area (Å²) in [5, 5.41) is 4.28. The van der Waals surface area contributed by atoms with Gasteiger partial charge in [0.1, 0.15) is 11.4 Å². The molecule has 0 saturated heterocycles. The van der Waals surface area contributed by atoms with Gasteiger partial charge in [-0.1, -0.05) is 45.7 Å². The Morgan fingerprint density at radius 1 is 1.24 bits per heavy atom. The van der Waals surface area contributed by atoms with Gasteiger partial charge in [0.15, 0.2) is 0 Å². The quantitative estimate of drug-likeness (QED) is 0.723. The summed E-state index contributed by atoms with van der Waals surface area (Å²) < 4.78 is 7.07. The highest BCUT2D eigenvalue weighted by Crippen LogP contribution is 2.42. The number of anilines is 1. The minimum absolute atomic E-state index is 0.178. The number of halogens is 2. The molecule has 110 valence electrons. The van der Waals surface area contributed by atoms with Crippen molar-refractivity contribution in [2.24, 2.45) is 0 Å². The average Bonchev–Trinajstić information content (AvgIpc) is 2.41. The predicted molar refractivity (Wildman–Crippen MR) is 91.3 cm³/mol. The fraction of sp³-hybridized carbons (Fsp3) is 0.294. The summed E-state index contributed by atoms with van der Waals surface area (Å²) in [7, 11) is 0. The van der Waals surface area contributed by atoms with Gasteiger partial charge >= 0.3 is 0 Å². The molecule has 1 N–H and O–H groups in total. The summed E-state index contributed by atoms with van der Waals surface area (Å²) in [4.78, 5) is 0. The van der Waals surface area contributed by atoms with Crippen molar-refractivity contribution < 1.29 is 4.74 Å². The molecule has 1 heterocycles. The first kappa shape index (κ1) is 14.7. The van der Waals surface area contributed by atoms with Crippen molar-refractivity contribution in [3.05, 3.63) is 57.5 Å². The lowest BCUT2D eigenvalue weighted by atomic mass is 9.89. The standard InChI is InChI=1S/C17H17BrClNO/c1-17(2)10-15(12-5-3-4-6-16(12)21-17)20-14-9-11(18)7-8-13(14)19/h3-9,15,20H,10H2,1-2H3. The van der Waals surface area contributed by atoms with E-state index in [-0.39, 0.29) is 11.6 Å². The van der Waals surface area contributed by atoms with E-state index in [1.54, 1.807) is 0 Å². The van der Waals surface area contributed by atoms with Gasteiger partial charge in [-0.2, -0.15) is 0 Å². The molecule has 3 rings (SSSR count). The Morgan fingerprint density at radius 2 is 2.00 bits per heavy atom. The topological polar surface area (TPSA) is 21.3 Å². The van der Waals surface area contributed by atoms with Crippen LogP contribution in [0.4, 0.5) is 5.69 Å². The second-order valence-electron chi connectivity index (χ2n) is 5.92. The second kappa shape index (κ2) is 5.54. The van der Waals surface area contributed by atoms with E-state index in [4.69, 9.17) is 16.3 Å². The lowest BCUT2D eigenvalue weighted by molar-refractivity contribution is 0.0759. The molecule has 4 heteroatoms. The number of nitrogens with one attached hydrogen (secondary N) is 1. The molecule has 1 atom stereocenters. The molecule has 0 saturated carbocycles. The van der Waals surface area contributed by atoms with E-state index in [0.29, 0.717) is 0 Å². The van der Waals surface area contributed by atoms with Crippen LogP contribution in [0.15, 0.2) is 46.9 Å². The third-order valence-electron chi connectivity index (χ3n) is 3.63. The minimum atomic E-state index is -0.204. The van der Waals surface area contributed by atoms with E-state index in [0.717, 1.165) is 27.4 Å². The molecule has 0 bridgehead atoms. The van der Waals surface area contributed by atoms with Crippen molar-refractivity contribution in [1.82, 2.24) is 0 Å². The van der Waals surface area contributed by atoms with E-state index in [9.17, 15) is 0 Å². The van der Waals surface area contributed by atoms with Crippen LogP contribution in [-0.2, 0) is 0 Å². The van der Waals surface area contributed by atoms with Gasteiger partial charge in [-0.3, -0.25) is 0 Å². The number of benzene rings is 2. The summed E-state index contributed by atoms with van der Waals surface area (Å²) in [6, 6.07) is 14.2. The fourth-order valence-corrected chi connectivity index (χ4v) is 3.26. The zero-order chi connectivity index (χ0) is 15.0. The van der Waals surface area contributed by atoms with Gasteiger partial charge < -0.3 is 10.1 Å². The Balaban J connectivity index is 1.96. The van der Waals surface area contributed by atoms with Crippen LogP contribution in [0, 0.1) is 0 Å². The van der Waals surface area contributed by atoms with Crippen LogP contribution in [0.3, 0.4) is 0 Å². The number of para-hydroxylation sites is 1. The third-order valence-corrected chi connectivity index (χ3v) is 4.46. The lowest BCUT2D eigenvalue weighted by Gasteiger charge is -2.38. The molecule has 0 radical (unpaired) electrons. The number of hydrogen-bond donors (Lipinski definition) is 1. The summed E-state index contributed by atoms with van der Waals surface area (Å²) in [6.07, 6.45) is 0.882. The summed E-state index contributed by atoms with van der Waals surface area (Å²) in [5.41, 5.74) is 1.90. The molecule has 0 aromatic heterocycles. The van der Waals surface area contributed by atoms with Crippen molar-refractivity contribution in [1.29, 1.82) is 0 Å². The number of hydrogen-bond acceptors (Lipinski definition) is 2. The molecular formula is C17H17BrClNO. The summed E-state index contributed by atoms with van der Waals surface area (Å²) in [5.74, 6) is 0.942. The van der Waals surface area contributed by atoms with Crippen LogP contribution in [0.2, 0.25) is 5.02 Å². The maximum atomic E-state index is 6.30. The van der Waals surface area contributed by atoms with Gasteiger partial charge in [-0.25, -0.2) is 0 Å². The Morgan fingerprint density at radius 3 is 2.81 bits per heavy atom. The Kier molecular flexibility index (Phi) is 3.89. The van der Waals surface area contributed by atoms with Crippen LogP contribution in [0.5, 0.6) is 5.75 Å². The van der Waals surface area contributed by atoms with Crippen molar-refractivity contribution in [3.63, 3.8) is 0 Å². The first-order valence-corrected chi connectivity index (χ1v) is 8.11. The predicted octanol–water partition coefficient (Wildman–Crippen LogP) is 5.82. The van der Waals surface area contributed by atoms with E-state index in [1.807, 2.05) is 36.4 Å². The van der Waals surface area contributed by atoms with Gasteiger partial charge in [-0.05, 0) is 38.1 Å². The van der Waals surface area contributed by atoms with Gasteiger partial charge in [0.05, 0.1) is 16.8 Å². The van der Waals surface area contributed by atoms with Crippen LogP contribution in [0.1, 0.15) is 31.9 Å². The molecule has 0 fully saturated rings. The number of rotatable bonds is 2.